The number of hydrogen-bond acceptors (Lipinski definition) is 2. The van der Waals surface area contributed by atoms with E-state index in [4.69, 9.17) is 16.9 Å². The zero-order valence-electron chi connectivity index (χ0n) is 12.6. The largest absolute Gasteiger partial charge is 0.381 e. The first kappa shape index (κ1) is 15.4. The average Bonchev–Trinajstić information content (AvgIpc) is 2.45. The first-order chi connectivity index (χ1) is 9.90. The van der Waals surface area contributed by atoms with Crippen LogP contribution in [0.4, 0.5) is 5.69 Å². The third kappa shape index (κ3) is 4.00. The average molecular weight is 299 g/mol. The van der Waals surface area contributed by atoms with Gasteiger partial charge in [0.2, 0.25) is 0 Å². The standard InChI is InChI=1S/C18H19ClN2/c1-18(2,3)15-7-4-13(5-8-15)12-21-16-9-6-14(11-20)17(19)10-16/h4-10,21H,12H2,1-3H3. The van der Waals surface area contributed by atoms with E-state index in [1.807, 2.05) is 6.07 Å². The van der Waals surface area contributed by atoms with E-state index in [-0.39, 0.29) is 5.41 Å². The molecule has 108 valence electrons. The molecule has 2 rings (SSSR count). The molecule has 2 aromatic carbocycles. The van der Waals surface area contributed by atoms with Crippen LogP contribution in [-0.2, 0) is 12.0 Å². The van der Waals surface area contributed by atoms with E-state index in [2.05, 4.69) is 56.4 Å². The number of rotatable bonds is 3. The minimum Gasteiger partial charge on any atom is -0.381 e. The molecule has 21 heavy (non-hydrogen) atoms. The normalized spacial score (nSPS) is 11.0. The van der Waals surface area contributed by atoms with E-state index in [1.165, 1.54) is 11.1 Å². The molecule has 0 aromatic heterocycles. The molecular formula is C18H19ClN2. The lowest BCUT2D eigenvalue weighted by molar-refractivity contribution is 0.590. The first-order valence-corrected chi connectivity index (χ1v) is 7.31. The highest BCUT2D eigenvalue weighted by molar-refractivity contribution is 6.32. The Bertz CT molecular complexity index is 661. The van der Waals surface area contributed by atoms with Crippen molar-refractivity contribution < 1.29 is 0 Å². The molecule has 0 aliphatic heterocycles. The summed E-state index contributed by atoms with van der Waals surface area (Å²) in [6, 6.07) is 16.1. The van der Waals surface area contributed by atoms with E-state index < -0.39 is 0 Å². The monoisotopic (exact) mass is 298 g/mol. The van der Waals surface area contributed by atoms with Crippen molar-refractivity contribution in [2.24, 2.45) is 0 Å². The fourth-order valence-electron chi connectivity index (χ4n) is 2.04. The highest BCUT2D eigenvalue weighted by atomic mass is 35.5. The van der Waals surface area contributed by atoms with Crippen molar-refractivity contribution in [2.45, 2.75) is 32.7 Å². The van der Waals surface area contributed by atoms with Gasteiger partial charge in [-0.3, -0.25) is 0 Å². The molecular weight excluding hydrogens is 280 g/mol. The molecule has 0 saturated carbocycles. The lowest BCUT2D eigenvalue weighted by Gasteiger charge is -2.19. The summed E-state index contributed by atoms with van der Waals surface area (Å²) in [5, 5.41) is 12.6. The Hall–Kier alpha value is -1.98. The molecule has 0 fully saturated rings. The van der Waals surface area contributed by atoms with Gasteiger partial charge in [0.1, 0.15) is 6.07 Å². The van der Waals surface area contributed by atoms with Gasteiger partial charge in [0.05, 0.1) is 10.6 Å². The van der Waals surface area contributed by atoms with Crippen molar-refractivity contribution in [3.05, 3.63) is 64.2 Å². The van der Waals surface area contributed by atoms with E-state index >= 15 is 0 Å². The fourth-order valence-corrected chi connectivity index (χ4v) is 2.27. The van der Waals surface area contributed by atoms with Gasteiger partial charge in [-0.2, -0.15) is 5.26 Å². The summed E-state index contributed by atoms with van der Waals surface area (Å²) in [5.41, 5.74) is 4.12. The van der Waals surface area contributed by atoms with Gasteiger partial charge in [0.15, 0.2) is 0 Å². The Morgan fingerprint density at radius 1 is 1.10 bits per heavy atom. The van der Waals surface area contributed by atoms with E-state index in [9.17, 15) is 0 Å². The molecule has 2 aromatic rings. The molecule has 0 amide bonds. The molecule has 0 saturated heterocycles. The predicted molar refractivity (Wildman–Crippen MR) is 88.6 cm³/mol. The van der Waals surface area contributed by atoms with Crippen molar-refractivity contribution in [2.75, 3.05) is 5.32 Å². The Morgan fingerprint density at radius 3 is 2.29 bits per heavy atom. The van der Waals surface area contributed by atoms with Gasteiger partial charge in [-0.05, 0) is 34.7 Å². The molecule has 0 unspecified atom stereocenters. The summed E-state index contributed by atoms with van der Waals surface area (Å²) in [4.78, 5) is 0. The van der Waals surface area contributed by atoms with Gasteiger partial charge in [-0.1, -0.05) is 56.6 Å². The highest BCUT2D eigenvalue weighted by Crippen LogP contribution is 2.23. The summed E-state index contributed by atoms with van der Waals surface area (Å²) < 4.78 is 0. The Balaban J connectivity index is 2.03. The summed E-state index contributed by atoms with van der Waals surface area (Å²) in [6.07, 6.45) is 0. The molecule has 1 N–H and O–H groups in total. The number of anilines is 1. The smallest absolute Gasteiger partial charge is 0.101 e. The first-order valence-electron chi connectivity index (χ1n) is 6.93. The van der Waals surface area contributed by atoms with E-state index in [1.54, 1.807) is 12.1 Å². The molecule has 0 radical (unpaired) electrons. The van der Waals surface area contributed by atoms with Crippen LogP contribution < -0.4 is 5.32 Å². The Labute approximate surface area is 131 Å². The number of nitriles is 1. The zero-order valence-corrected chi connectivity index (χ0v) is 13.3. The number of benzene rings is 2. The van der Waals surface area contributed by atoms with Crippen LogP contribution in [0.3, 0.4) is 0 Å². The highest BCUT2D eigenvalue weighted by Gasteiger charge is 2.12. The SMILES string of the molecule is CC(C)(C)c1ccc(CNc2ccc(C#N)c(Cl)c2)cc1. The maximum absolute atomic E-state index is 8.85. The second kappa shape index (κ2) is 6.20. The predicted octanol–water partition coefficient (Wildman–Crippen LogP) is 5.12. The molecule has 0 aliphatic rings. The third-order valence-electron chi connectivity index (χ3n) is 3.41. The van der Waals surface area contributed by atoms with Crippen molar-refractivity contribution in [1.29, 1.82) is 5.26 Å². The minimum absolute atomic E-state index is 0.173. The molecule has 3 heteroatoms. The van der Waals surface area contributed by atoms with Crippen LogP contribution in [0.1, 0.15) is 37.5 Å². The van der Waals surface area contributed by atoms with Gasteiger partial charge >= 0.3 is 0 Å². The maximum atomic E-state index is 8.85. The molecule has 0 atom stereocenters. The quantitative estimate of drug-likeness (QED) is 0.853. The van der Waals surface area contributed by atoms with Crippen molar-refractivity contribution in [3.63, 3.8) is 0 Å². The van der Waals surface area contributed by atoms with Crippen LogP contribution in [0.15, 0.2) is 42.5 Å². The second-order valence-electron chi connectivity index (χ2n) is 6.11. The fraction of sp³-hybridized carbons (Fsp3) is 0.278. The number of hydrogen-bond donors (Lipinski definition) is 1. The van der Waals surface area contributed by atoms with Crippen molar-refractivity contribution >= 4 is 17.3 Å². The van der Waals surface area contributed by atoms with Crippen LogP contribution in [0.25, 0.3) is 0 Å². The van der Waals surface area contributed by atoms with Crippen molar-refractivity contribution in [1.82, 2.24) is 0 Å². The van der Waals surface area contributed by atoms with E-state index in [0.717, 1.165) is 12.2 Å². The number of nitrogens with one attached hydrogen (secondary N) is 1. The molecule has 2 nitrogen and oxygen atoms in total. The minimum atomic E-state index is 0.173. The van der Waals surface area contributed by atoms with Crippen LogP contribution in [0.2, 0.25) is 5.02 Å². The van der Waals surface area contributed by atoms with Gasteiger partial charge in [0, 0.05) is 12.2 Å². The number of nitrogens with zero attached hydrogens (tertiary/aromatic N) is 1. The van der Waals surface area contributed by atoms with Crippen LogP contribution in [-0.4, -0.2) is 0 Å². The second-order valence-corrected chi connectivity index (χ2v) is 6.51. The Morgan fingerprint density at radius 2 is 1.76 bits per heavy atom. The van der Waals surface area contributed by atoms with Crippen molar-refractivity contribution in [3.8, 4) is 6.07 Å². The van der Waals surface area contributed by atoms with Gasteiger partial charge < -0.3 is 5.32 Å². The lowest BCUT2D eigenvalue weighted by Crippen LogP contribution is -2.11. The van der Waals surface area contributed by atoms with Gasteiger partial charge in [0.25, 0.3) is 0 Å². The third-order valence-corrected chi connectivity index (χ3v) is 3.72. The van der Waals surface area contributed by atoms with Crippen LogP contribution in [0.5, 0.6) is 0 Å². The van der Waals surface area contributed by atoms with Crippen LogP contribution in [0, 0.1) is 11.3 Å². The maximum Gasteiger partial charge on any atom is 0.101 e. The van der Waals surface area contributed by atoms with Gasteiger partial charge in [-0.25, -0.2) is 0 Å². The summed E-state index contributed by atoms with van der Waals surface area (Å²) in [5.74, 6) is 0. The molecule has 0 spiro atoms. The number of halogens is 1. The molecule has 0 aliphatic carbocycles. The van der Waals surface area contributed by atoms with Crippen LogP contribution >= 0.6 is 11.6 Å². The van der Waals surface area contributed by atoms with E-state index in [0.29, 0.717) is 10.6 Å². The van der Waals surface area contributed by atoms with Gasteiger partial charge in [-0.15, -0.1) is 0 Å². The molecule has 0 bridgehead atoms. The topological polar surface area (TPSA) is 35.8 Å². The Kier molecular flexibility index (Phi) is 4.55. The summed E-state index contributed by atoms with van der Waals surface area (Å²) in [7, 11) is 0. The summed E-state index contributed by atoms with van der Waals surface area (Å²) >= 11 is 6.02. The zero-order chi connectivity index (χ0) is 15.5. The summed E-state index contributed by atoms with van der Waals surface area (Å²) in [6.45, 7) is 7.35. The molecule has 0 heterocycles. The lowest BCUT2D eigenvalue weighted by atomic mass is 9.87.